The number of benzene rings is 2. The fraction of sp³-hybridized carbons (Fsp3) is 0.462. The summed E-state index contributed by atoms with van der Waals surface area (Å²) in [5.41, 5.74) is 5.40. The molecule has 0 unspecified atom stereocenters. The Labute approximate surface area is 302 Å². The van der Waals surface area contributed by atoms with Crippen LogP contribution in [0.3, 0.4) is 0 Å². The molecule has 4 bridgehead atoms. The molecule has 4 aromatic rings. The third-order valence-corrected chi connectivity index (χ3v) is 11.2. The SMILES string of the molecule is Cc1cccc(C)c1-c1nc2nc(c1C)OC[C@@H](CC(C)(C)C)N(Cc1ncc(N3CCC(C)(C)CC3)cn1)C(=O)c1cccc(c1)S(=O)(=O)N2. The van der Waals surface area contributed by atoms with E-state index in [1.54, 1.807) is 17.0 Å². The van der Waals surface area contributed by atoms with Crippen LogP contribution in [0, 0.1) is 31.6 Å². The number of nitrogens with zero attached hydrogens (tertiary/aromatic N) is 6. The standard InChI is InChI=1S/C39H49N7O4S/c1-25-11-9-12-26(2)33(25)34-27(3)35-43-37(42-34)44-51(48,49)31-14-10-13-28(19-31)36(47)46(29(24-50-35)20-38(4,5)6)23-32-40-21-30(22-41-32)45-17-15-39(7,8)16-18-45/h9-14,19,21-22,29H,15-18,20,23-24H2,1-8H3,(H,42,43,44)/t29-/m1/s1. The Balaban J connectivity index is 1.43. The molecular formula is C39H49N7O4S. The van der Waals surface area contributed by atoms with Crippen LogP contribution in [0.1, 0.15) is 86.8 Å². The quantitative estimate of drug-likeness (QED) is 0.230. The van der Waals surface area contributed by atoms with Gasteiger partial charge in [-0.3, -0.25) is 4.79 Å². The van der Waals surface area contributed by atoms with E-state index in [1.165, 1.54) is 12.1 Å². The molecule has 0 aliphatic carbocycles. The van der Waals surface area contributed by atoms with E-state index < -0.39 is 16.1 Å². The van der Waals surface area contributed by atoms with E-state index >= 15 is 0 Å². The van der Waals surface area contributed by atoms with Crippen molar-refractivity contribution in [2.45, 2.75) is 92.1 Å². The van der Waals surface area contributed by atoms with E-state index in [2.05, 4.69) is 49.2 Å². The van der Waals surface area contributed by atoms with Gasteiger partial charge in [-0.2, -0.15) is 4.98 Å². The molecule has 1 fully saturated rings. The first-order valence-electron chi connectivity index (χ1n) is 17.6. The Morgan fingerprint density at radius 3 is 2.25 bits per heavy atom. The number of aryl methyl sites for hydroxylation is 2. The van der Waals surface area contributed by atoms with E-state index in [1.807, 2.05) is 51.4 Å². The molecule has 270 valence electrons. The molecular weight excluding hydrogens is 663 g/mol. The zero-order chi connectivity index (χ0) is 36.7. The molecule has 4 heterocycles. The van der Waals surface area contributed by atoms with Crippen molar-refractivity contribution in [1.29, 1.82) is 0 Å². The Morgan fingerprint density at radius 2 is 1.61 bits per heavy atom. The number of hydrogen-bond acceptors (Lipinski definition) is 9. The first kappa shape index (κ1) is 36.2. The molecule has 1 N–H and O–H groups in total. The Hall–Kier alpha value is -4.58. The van der Waals surface area contributed by atoms with Crippen molar-refractivity contribution in [3.05, 3.63) is 82.9 Å². The molecule has 1 saturated heterocycles. The normalized spacial score (nSPS) is 18.9. The van der Waals surface area contributed by atoms with Gasteiger partial charge in [-0.05, 0) is 80.2 Å². The number of sulfonamides is 1. The molecule has 0 saturated carbocycles. The second-order valence-electron chi connectivity index (χ2n) is 15.9. The monoisotopic (exact) mass is 711 g/mol. The van der Waals surface area contributed by atoms with E-state index in [4.69, 9.17) is 19.7 Å². The van der Waals surface area contributed by atoms with Gasteiger partial charge in [0.2, 0.25) is 11.8 Å². The summed E-state index contributed by atoms with van der Waals surface area (Å²) in [4.78, 5) is 37.2. The predicted molar refractivity (Wildman–Crippen MR) is 199 cm³/mol. The number of rotatable bonds is 5. The first-order chi connectivity index (χ1) is 24.0. The molecule has 2 aliphatic heterocycles. The van der Waals surface area contributed by atoms with Gasteiger partial charge in [0, 0.05) is 29.8 Å². The van der Waals surface area contributed by atoms with Crippen molar-refractivity contribution < 1.29 is 17.9 Å². The summed E-state index contributed by atoms with van der Waals surface area (Å²) in [7, 11) is -4.19. The average Bonchev–Trinajstić information content (AvgIpc) is 3.06. The number of carbonyl (C=O) groups excluding carboxylic acids is 1. The summed E-state index contributed by atoms with van der Waals surface area (Å²) >= 11 is 0. The minimum atomic E-state index is -4.19. The molecule has 12 heteroatoms. The van der Waals surface area contributed by atoms with Crippen LogP contribution in [0.15, 0.2) is 59.8 Å². The summed E-state index contributed by atoms with van der Waals surface area (Å²) in [6.07, 6.45) is 6.43. The second kappa shape index (κ2) is 13.9. The first-order valence-corrected chi connectivity index (χ1v) is 19.1. The van der Waals surface area contributed by atoms with Gasteiger partial charge in [0.05, 0.1) is 41.3 Å². The lowest BCUT2D eigenvalue weighted by molar-refractivity contribution is 0.0504. The third-order valence-electron chi connectivity index (χ3n) is 9.88. The number of nitrogens with one attached hydrogen (secondary N) is 1. The zero-order valence-electron chi connectivity index (χ0n) is 30.9. The predicted octanol–water partition coefficient (Wildman–Crippen LogP) is 7.13. The van der Waals surface area contributed by atoms with Crippen molar-refractivity contribution in [3.8, 4) is 17.1 Å². The number of ether oxygens (including phenoxy) is 1. The van der Waals surface area contributed by atoms with Crippen molar-refractivity contribution >= 4 is 27.6 Å². The molecule has 2 aromatic heterocycles. The van der Waals surface area contributed by atoms with Crippen LogP contribution in [0.2, 0.25) is 0 Å². The van der Waals surface area contributed by atoms with Crippen LogP contribution in [0.5, 0.6) is 5.88 Å². The van der Waals surface area contributed by atoms with E-state index in [9.17, 15) is 13.2 Å². The zero-order valence-corrected chi connectivity index (χ0v) is 31.8. The Morgan fingerprint density at radius 1 is 0.961 bits per heavy atom. The van der Waals surface area contributed by atoms with Crippen LogP contribution >= 0.6 is 0 Å². The van der Waals surface area contributed by atoms with Crippen LogP contribution < -0.4 is 14.4 Å². The van der Waals surface area contributed by atoms with E-state index in [-0.39, 0.29) is 46.8 Å². The highest BCUT2D eigenvalue weighted by atomic mass is 32.2. The lowest BCUT2D eigenvalue weighted by Gasteiger charge is -2.38. The summed E-state index contributed by atoms with van der Waals surface area (Å²) in [5, 5.41) is 0. The summed E-state index contributed by atoms with van der Waals surface area (Å²) < 4.78 is 36.7. The number of anilines is 2. The van der Waals surface area contributed by atoms with Gasteiger partial charge in [-0.1, -0.05) is 58.9 Å². The van der Waals surface area contributed by atoms with Gasteiger partial charge in [0.1, 0.15) is 12.4 Å². The van der Waals surface area contributed by atoms with Crippen LogP contribution in [-0.4, -0.2) is 64.9 Å². The number of amides is 1. The van der Waals surface area contributed by atoms with Crippen molar-refractivity contribution in [2.24, 2.45) is 10.8 Å². The minimum absolute atomic E-state index is 0.0782. The van der Waals surface area contributed by atoms with Gasteiger partial charge in [0.15, 0.2) is 0 Å². The highest BCUT2D eigenvalue weighted by Gasteiger charge is 2.33. The maximum absolute atomic E-state index is 14.5. The second-order valence-corrected chi connectivity index (χ2v) is 17.6. The summed E-state index contributed by atoms with van der Waals surface area (Å²) in [5.74, 6) is 0.263. The smallest absolute Gasteiger partial charge is 0.264 e. The van der Waals surface area contributed by atoms with Gasteiger partial charge >= 0.3 is 0 Å². The van der Waals surface area contributed by atoms with Crippen LogP contribution in [0.4, 0.5) is 11.6 Å². The lowest BCUT2D eigenvalue weighted by atomic mass is 9.82. The highest BCUT2D eigenvalue weighted by Crippen LogP contribution is 2.35. The molecule has 2 aliphatic rings. The Kier molecular flexibility index (Phi) is 9.84. The van der Waals surface area contributed by atoms with E-state index in [0.29, 0.717) is 28.9 Å². The number of aromatic nitrogens is 4. The number of piperidine rings is 1. The third kappa shape index (κ3) is 8.16. The molecule has 6 rings (SSSR count). The van der Waals surface area contributed by atoms with Crippen LogP contribution in [0.25, 0.3) is 11.3 Å². The molecule has 2 aromatic carbocycles. The maximum atomic E-state index is 14.5. The topological polar surface area (TPSA) is 131 Å². The number of fused-ring (bicyclic) bond motifs is 4. The fourth-order valence-electron chi connectivity index (χ4n) is 6.88. The maximum Gasteiger partial charge on any atom is 0.264 e. The molecule has 0 spiro atoms. The van der Waals surface area contributed by atoms with Gasteiger partial charge < -0.3 is 14.5 Å². The van der Waals surface area contributed by atoms with Gasteiger partial charge in [-0.15, -0.1) is 0 Å². The van der Waals surface area contributed by atoms with Gasteiger partial charge in [-0.25, -0.2) is 28.1 Å². The van der Waals surface area contributed by atoms with Crippen molar-refractivity contribution in [1.82, 2.24) is 24.8 Å². The minimum Gasteiger partial charge on any atom is -0.475 e. The van der Waals surface area contributed by atoms with Crippen molar-refractivity contribution in [2.75, 3.05) is 29.3 Å². The highest BCUT2D eigenvalue weighted by molar-refractivity contribution is 7.92. The lowest BCUT2D eigenvalue weighted by Crippen LogP contribution is -2.45. The van der Waals surface area contributed by atoms with Crippen LogP contribution in [-0.2, 0) is 16.6 Å². The average molecular weight is 712 g/mol. The van der Waals surface area contributed by atoms with E-state index in [0.717, 1.165) is 48.3 Å². The van der Waals surface area contributed by atoms with Gasteiger partial charge in [0.25, 0.3) is 15.9 Å². The fourth-order valence-corrected chi connectivity index (χ4v) is 7.87. The molecule has 1 amide bonds. The number of hydrogen-bond donors (Lipinski definition) is 1. The molecule has 0 radical (unpaired) electrons. The number of carbonyl (C=O) groups is 1. The summed E-state index contributed by atoms with van der Waals surface area (Å²) in [6.45, 7) is 18.9. The molecule has 1 atom stereocenters. The molecule has 51 heavy (non-hydrogen) atoms. The summed E-state index contributed by atoms with van der Waals surface area (Å²) in [6, 6.07) is 11.6. The largest absolute Gasteiger partial charge is 0.475 e. The Bertz CT molecular complexity index is 2010. The van der Waals surface area contributed by atoms with Crippen molar-refractivity contribution in [3.63, 3.8) is 0 Å². The molecule has 11 nitrogen and oxygen atoms in total.